The van der Waals surface area contributed by atoms with Crippen molar-refractivity contribution in [2.75, 3.05) is 18.0 Å². The Morgan fingerprint density at radius 3 is 2.19 bits per heavy atom. The van der Waals surface area contributed by atoms with E-state index in [0.29, 0.717) is 16.6 Å². The van der Waals surface area contributed by atoms with Crippen LogP contribution in [0, 0.1) is 16.6 Å². The summed E-state index contributed by atoms with van der Waals surface area (Å²) < 4.78 is 2.65. The average molecular weight is 304 g/mol. The van der Waals surface area contributed by atoms with Crippen LogP contribution in [0.3, 0.4) is 0 Å². The maximum Gasteiger partial charge on any atom is 0.230 e. The molecular formula is C16H24N4S. The molecule has 0 radical (unpaired) electrons. The first kappa shape index (κ1) is 15.8. The highest BCUT2D eigenvalue weighted by Gasteiger charge is 2.18. The second-order valence-electron chi connectivity index (χ2n) is 6.19. The number of para-hydroxylation sites is 1. The molecule has 1 N–H and O–H groups in total. The minimum atomic E-state index is 0.568. The van der Waals surface area contributed by atoms with Crippen LogP contribution < -0.4 is 4.90 Å². The lowest BCUT2D eigenvalue weighted by Gasteiger charge is -2.27. The van der Waals surface area contributed by atoms with Crippen LogP contribution in [0.1, 0.15) is 27.7 Å². The molecule has 0 saturated carbocycles. The molecule has 0 unspecified atom stereocenters. The number of nitrogens with zero attached hydrogens (tertiary/aromatic N) is 3. The van der Waals surface area contributed by atoms with E-state index in [2.05, 4.69) is 54.9 Å². The van der Waals surface area contributed by atoms with Gasteiger partial charge < -0.3 is 4.90 Å². The summed E-state index contributed by atoms with van der Waals surface area (Å²) in [6.07, 6.45) is 0. The number of nitrogens with one attached hydrogen (secondary N) is 1. The van der Waals surface area contributed by atoms with E-state index in [4.69, 9.17) is 12.2 Å². The number of benzene rings is 1. The van der Waals surface area contributed by atoms with E-state index in [1.165, 1.54) is 0 Å². The molecule has 0 fully saturated rings. The highest BCUT2D eigenvalue weighted by molar-refractivity contribution is 7.71. The van der Waals surface area contributed by atoms with E-state index in [0.717, 1.165) is 24.7 Å². The van der Waals surface area contributed by atoms with Gasteiger partial charge in [0.05, 0.1) is 5.69 Å². The third kappa shape index (κ3) is 3.94. The van der Waals surface area contributed by atoms with Crippen molar-refractivity contribution in [2.45, 2.75) is 27.7 Å². The van der Waals surface area contributed by atoms with E-state index in [1.807, 2.05) is 22.8 Å². The number of H-pyrrole nitrogens is 1. The van der Waals surface area contributed by atoms with Gasteiger partial charge in [0.2, 0.25) is 10.7 Å². The Morgan fingerprint density at radius 1 is 1.10 bits per heavy atom. The van der Waals surface area contributed by atoms with Gasteiger partial charge in [0.15, 0.2) is 0 Å². The highest BCUT2D eigenvalue weighted by Crippen LogP contribution is 2.20. The monoisotopic (exact) mass is 304 g/mol. The van der Waals surface area contributed by atoms with Crippen molar-refractivity contribution in [2.24, 2.45) is 11.8 Å². The van der Waals surface area contributed by atoms with Crippen LogP contribution in [0.15, 0.2) is 30.3 Å². The molecule has 1 aromatic carbocycles. The van der Waals surface area contributed by atoms with E-state index in [9.17, 15) is 0 Å². The van der Waals surface area contributed by atoms with Crippen molar-refractivity contribution in [3.05, 3.63) is 35.1 Å². The number of hydrogen-bond donors (Lipinski definition) is 1. The van der Waals surface area contributed by atoms with Gasteiger partial charge in [-0.3, -0.25) is 4.57 Å². The maximum absolute atomic E-state index is 5.42. The summed E-state index contributed by atoms with van der Waals surface area (Å²) >= 11 is 5.42. The highest BCUT2D eigenvalue weighted by atomic mass is 32.1. The van der Waals surface area contributed by atoms with Crippen molar-refractivity contribution in [3.63, 3.8) is 0 Å². The zero-order valence-corrected chi connectivity index (χ0v) is 14.0. The van der Waals surface area contributed by atoms with Gasteiger partial charge in [-0.25, -0.2) is 5.10 Å². The van der Waals surface area contributed by atoms with Crippen molar-refractivity contribution >= 4 is 18.2 Å². The first-order valence-corrected chi connectivity index (χ1v) is 7.87. The normalized spacial score (nSPS) is 11.3. The third-order valence-corrected chi connectivity index (χ3v) is 3.40. The van der Waals surface area contributed by atoms with Gasteiger partial charge in [-0.15, -0.1) is 5.10 Å². The van der Waals surface area contributed by atoms with Gasteiger partial charge >= 0.3 is 0 Å². The molecule has 0 aliphatic rings. The Hall–Kier alpha value is -1.62. The van der Waals surface area contributed by atoms with Crippen LogP contribution in [0.2, 0.25) is 0 Å². The van der Waals surface area contributed by atoms with Crippen LogP contribution in [0.4, 0.5) is 5.95 Å². The second kappa shape index (κ2) is 6.89. The van der Waals surface area contributed by atoms with E-state index >= 15 is 0 Å². The molecule has 2 aromatic rings. The summed E-state index contributed by atoms with van der Waals surface area (Å²) in [6, 6.07) is 10.1. The molecule has 0 bridgehead atoms. The summed E-state index contributed by atoms with van der Waals surface area (Å²) in [5.41, 5.74) is 1.05. The molecule has 1 heterocycles. The number of anilines is 1. The lowest BCUT2D eigenvalue weighted by Crippen LogP contribution is -2.33. The molecule has 114 valence electrons. The van der Waals surface area contributed by atoms with Gasteiger partial charge in [-0.2, -0.15) is 0 Å². The van der Waals surface area contributed by atoms with Gasteiger partial charge in [-0.1, -0.05) is 45.9 Å². The van der Waals surface area contributed by atoms with E-state index in [-0.39, 0.29) is 0 Å². The quantitative estimate of drug-likeness (QED) is 0.818. The zero-order chi connectivity index (χ0) is 15.4. The SMILES string of the molecule is CC(C)CN(CC(C)C)c1n[nH]c(=S)n1-c1ccccc1. The summed E-state index contributed by atoms with van der Waals surface area (Å²) in [5.74, 6) is 2.03. The Bertz CT molecular complexity index is 603. The molecule has 4 nitrogen and oxygen atoms in total. The largest absolute Gasteiger partial charge is 0.340 e. The first-order chi connectivity index (χ1) is 9.99. The van der Waals surface area contributed by atoms with Crippen molar-refractivity contribution in [1.82, 2.24) is 14.8 Å². The van der Waals surface area contributed by atoms with Gasteiger partial charge in [-0.05, 0) is 36.2 Å². The molecule has 0 spiro atoms. The van der Waals surface area contributed by atoms with Crippen LogP contribution in [-0.2, 0) is 0 Å². The number of rotatable bonds is 6. The number of hydrogen-bond acceptors (Lipinski definition) is 3. The molecule has 0 saturated heterocycles. The van der Waals surface area contributed by atoms with Crippen LogP contribution in [0.5, 0.6) is 0 Å². The van der Waals surface area contributed by atoms with Gasteiger partial charge in [0.1, 0.15) is 0 Å². The molecule has 0 aliphatic carbocycles. The Kier molecular flexibility index (Phi) is 5.17. The predicted octanol–water partition coefficient (Wildman–Crippen LogP) is 4.05. The lowest BCUT2D eigenvalue weighted by atomic mass is 10.1. The van der Waals surface area contributed by atoms with Crippen molar-refractivity contribution < 1.29 is 0 Å². The summed E-state index contributed by atoms with van der Waals surface area (Å²) in [7, 11) is 0. The van der Waals surface area contributed by atoms with E-state index in [1.54, 1.807) is 0 Å². The summed E-state index contributed by atoms with van der Waals surface area (Å²) in [4.78, 5) is 2.31. The van der Waals surface area contributed by atoms with Crippen LogP contribution >= 0.6 is 12.2 Å². The summed E-state index contributed by atoms with van der Waals surface area (Å²) in [6.45, 7) is 10.8. The molecule has 5 heteroatoms. The predicted molar refractivity (Wildman–Crippen MR) is 90.6 cm³/mol. The smallest absolute Gasteiger partial charge is 0.230 e. The Morgan fingerprint density at radius 2 is 1.67 bits per heavy atom. The molecule has 0 atom stereocenters. The minimum absolute atomic E-state index is 0.568. The van der Waals surface area contributed by atoms with E-state index < -0.39 is 0 Å². The minimum Gasteiger partial charge on any atom is -0.340 e. The van der Waals surface area contributed by atoms with Crippen molar-refractivity contribution in [3.8, 4) is 5.69 Å². The lowest BCUT2D eigenvalue weighted by molar-refractivity contribution is 0.541. The fraction of sp³-hybridized carbons (Fsp3) is 0.500. The topological polar surface area (TPSA) is 36.9 Å². The van der Waals surface area contributed by atoms with Crippen molar-refractivity contribution in [1.29, 1.82) is 0 Å². The van der Waals surface area contributed by atoms with Crippen LogP contribution in [-0.4, -0.2) is 27.9 Å². The first-order valence-electron chi connectivity index (χ1n) is 7.46. The molecule has 0 aliphatic heterocycles. The van der Waals surface area contributed by atoms with Gasteiger partial charge in [0, 0.05) is 13.1 Å². The standard InChI is InChI=1S/C16H24N4S/c1-12(2)10-19(11-13(3)4)15-17-18-16(21)20(15)14-8-6-5-7-9-14/h5-9,12-13H,10-11H2,1-4H3,(H,18,21). The number of aromatic amines is 1. The molecule has 0 amide bonds. The fourth-order valence-corrected chi connectivity index (χ4v) is 2.66. The van der Waals surface area contributed by atoms with Gasteiger partial charge in [0.25, 0.3) is 0 Å². The fourth-order valence-electron chi connectivity index (χ4n) is 2.43. The number of aromatic nitrogens is 3. The molecule has 1 aromatic heterocycles. The molecular weight excluding hydrogens is 280 g/mol. The third-order valence-electron chi connectivity index (χ3n) is 3.12. The zero-order valence-electron chi connectivity index (χ0n) is 13.2. The van der Waals surface area contributed by atoms with Crippen LogP contribution in [0.25, 0.3) is 5.69 Å². The second-order valence-corrected chi connectivity index (χ2v) is 6.58. The summed E-state index contributed by atoms with van der Waals surface area (Å²) in [5, 5.41) is 7.41. The molecule has 21 heavy (non-hydrogen) atoms. The average Bonchev–Trinajstić information content (AvgIpc) is 2.80. The maximum atomic E-state index is 5.42. The Labute approximate surface area is 131 Å². The Balaban J connectivity index is 2.44. The molecule has 2 rings (SSSR count).